The molecule has 1 heterocycles. The average Bonchev–Trinajstić information content (AvgIpc) is 2.81. The van der Waals surface area contributed by atoms with E-state index in [9.17, 15) is 4.79 Å². The zero-order chi connectivity index (χ0) is 16.4. The lowest BCUT2D eigenvalue weighted by atomic mass is 9.83. The second-order valence-corrected chi connectivity index (χ2v) is 5.55. The molecule has 1 unspecified atom stereocenters. The van der Waals surface area contributed by atoms with E-state index in [1.165, 1.54) is 4.90 Å². The number of likely N-dealkylation sites (N-methyl/N-ethyl adjacent to an activating group) is 1. The molecule has 2 N–H and O–H groups in total. The summed E-state index contributed by atoms with van der Waals surface area (Å²) in [6.45, 7) is 0. The number of hydrogen-bond acceptors (Lipinski definition) is 4. The first kappa shape index (κ1) is 15.1. The summed E-state index contributed by atoms with van der Waals surface area (Å²) in [4.78, 5) is 18.9. The van der Waals surface area contributed by atoms with Gasteiger partial charge in [0.15, 0.2) is 11.5 Å². The maximum atomic E-state index is 12.9. The van der Waals surface area contributed by atoms with E-state index >= 15 is 0 Å². The highest BCUT2D eigenvalue weighted by atomic mass is 16.5. The molecule has 0 aromatic heterocycles. The number of methoxy groups -OCH3 is 1. The summed E-state index contributed by atoms with van der Waals surface area (Å²) >= 11 is 0. The largest absolute Gasteiger partial charge is 0.496 e. The lowest BCUT2D eigenvalue weighted by Crippen LogP contribution is -2.41. The molecule has 23 heavy (non-hydrogen) atoms. The molecule has 1 amide bonds. The van der Waals surface area contributed by atoms with Gasteiger partial charge in [-0.05, 0) is 17.2 Å². The smallest absolute Gasteiger partial charge is 0.262 e. The lowest BCUT2D eigenvalue weighted by Gasteiger charge is -2.26. The summed E-state index contributed by atoms with van der Waals surface area (Å²) in [6.07, 6.45) is 0.394. The number of carbonyl (C=O) groups is 1. The SMILES string of the molecule is COc1ccccc1CC1(c2ccccc2)N=C(N)N(C)C1=O. The first-order valence-corrected chi connectivity index (χ1v) is 7.39. The molecule has 118 valence electrons. The molecule has 1 aliphatic heterocycles. The van der Waals surface area contributed by atoms with Crippen molar-refractivity contribution < 1.29 is 9.53 Å². The Morgan fingerprint density at radius 1 is 1.13 bits per heavy atom. The fraction of sp³-hybridized carbons (Fsp3) is 0.222. The third-order valence-electron chi connectivity index (χ3n) is 4.20. The topological polar surface area (TPSA) is 67.9 Å². The van der Waals surface area contributed by atoms with Gasteiger partial charge in [-0.2, -0.15) is 0 Å². The number of nitrogens with zero attached hydrogens (tertiary/aromatic N) is 2. The molecule has 0 fully saturated rings. The Morgan fingerprint density at radius 3 is 2.39 bits per heavy atom. The highest BCUT2D eigenvalue weighted by molar-refractivity contribution is 6.07. The Kier molecular flexibility index (Phi) is 3.78. The highest BCUT2D eigenvalue weighted by Gasteiger charge is 2.48. The van der Waals surface area contributed by atoms with Crippen LogP contribution in [0.25, 0.3) is 0 Å². The maximum Gasteiger partial charge on any atom is 0.262 e. The van der Waals surface area contributed by atoms with E-state index in [1.54, 1.807) is 14.2 Å². The van der Waals surface area contributed by atoms with Gasteiger partial charge in [0.2, 0.25) is 0 Å². The predicted octanol–water partition coefficient (Wildman–Crippen LogP) is 1.92. The molecule has 0 saturated carbocycles. The van der Waals surface area contributed by atoms with Gasteiger partial charge in [-0.3, -0.25) is 9.69 Å². The zero-order valence-electron chi connectivity index (χ0n) is 13.2. The molecule has 0 saturated heterocycles. The van der Waals surface area contributed by atoms with E-state index in [4.69, 9.17) is 10.5 Å². The first-order chi connectivity index (χ1) is 11.1. The van der Waals surface area contributed by atoms with Gasteiger partial charge in [-0.25, -0.2) is 4.99 Å². The van der Waals surface area contributed by atoms with Crippen molar-refractivity contribution in [1.82, 2.24) is 4.90 Å². The molecule has 3 rings (SSSR count). The van der Waals surface area contributed by atoms with Crippen LogP contribution < -0.4 is 10.5 Å². The molecule has 0 aliphatic carbocycles. The summed E-state index contributed by atoms with van der Waals surface area (Å²) < 4.78 is 5.42. The van der Waals surface area contributed by atoms with Crippen LogP contribution >= 0.6 is 0 Å². The van der Waals surface area contributed by atoms with Gasteiger partial charge in [0.05, 0.1) is 7.11 Å². The van der Waals surface area contributed by atoms with Crippen molar-refractivity contribution in [2.24, 2.45) is 10.7 Å². The number of amides is 1. The summed E-state index contributed by atoms with van der Waals surface area (Å²) in [5, 5.41) is 0. The van der Waals surface area contributed by atoms with Crippen molar-refractivity contribution in [2.45, 2.75) is 12.0 Å². The number of guanidine groups is 1. The molecule has 1 atom stereocenters. The Morgan fingerprint density at radius 2 is 1.78 bits per heavy atom. The van der Waals surface area contributed by atoms with Crippen LogP contribution in [0.3, 0.4) is 0 Å². The minimum Gasteiger partial charge on any atom is -0.496 e. The second-order valence-electron chi connectivity index (χ2n) is 5.55. The van der Waals surface area contributed by atoms with Crippen LogP contribution in [-0.2, 0) is 16.8 Å². The van der Waals surface area contributed by atoms with Gasteiger partial charge in [0.1, 0.15) is 5.75 Å². The minimum atomic E-state index is -1.05. The van der Waals surface area contributed by atoms with Gasteiger partial charge in [0.25, 0.3) is 5.91 Å². The van der Waals surface area contributed by atoms with E-state index in [1.807, 2.05) is 54.6 Å². The molecule has 0 bridgehead atoms. The summed E-state index contributed by atoms with van der Waals surface area (Å²) in [7, 11) is 3.27. The maximum absolute atomic E-state index is 12.9. The molecule has 0 spiro atoms. The molecular weight excluding hydrogens is 290 g/mol. The van der Waals surface area contributed by atoms with E-state index in [-0.39, 0.29) is 11.9 Å². The van der Waals surface area contributed by atoms with Crippen molar-refractivity contribution in [3.05, 3.63) is 65.7 Å². The minimum absolute atomic E-state index is 0.132. The quantitative estimate of drug-likeness (QED) is 0.938. The van der Waals surface area contributed by atoms with Crippen molar-refractivity contribution >= 4 is 11.9 Å². The van der Waals surface area contributed by atoms with Crippen LogP contribution in [0.1, 0.15) is 11.1 Å². The third kappa shape index (κ3) is 2.44. The zero-order valence-corrected chi connectivity index (χ0v) is 13.2. The first-order valence-electron chi connectivity index (χ1n) is 7.39. The summed E-state index contributed by atoms with van der Waals surface area (Å²) in [6, 6.07) is 17.2. The summed E-state index contributed by atoms with van der Waals surface area (Å²) in [5.41, 5.74) is 6.62. The normalized spacial score (nSPS) is 20.5. The van der Waals surface area contributed by atoms with Crippen molar-refractivity contribution in [3.63, 3.8) is 0 Å². The fourth-order valence-corrected chi connectivity index (χ4v) is 2.94. The van der Waals surface area contributed by atoms with Gasteiger partial charge in [0, 0.05) is 13.5 Å². The average molecular weight is 309 g/mol. The van der Waals surface area contributed by atoms with Crippen LogP contribution in [0, 0.1) is 0 Å². The van der Waals surface area contributed by atoms with E-state index < -0.39 is 5.54 Å². The molecular formula is C18H19N3O2. The molecule has 0 radical (unpaired) electrons. The predicted molar refractivity (Wildman–Crippen MR) is 89.2 cm³/mol. The third-order valence-corrected chi connectivity index (χ3v) is 4.20. The second kappa shape index (κ2) is 5.76. The molecule has 2 aromatic carbocycles. The van der Waals surface area contributed by atoms with Crippen molar-refractivity contribution in [1.29, 1.82) is 0 Å². The molecule has 1 aliphatic rings. The Balaban J connectivity index is 2.13. The fourth-order valence-electron chi connectivity index (χ4n) is 2.94. The van der Waals surface area contributed by atoms with Crippen LogP contribution in [0.4, 0.5) is 0 Å². The number of rotatable bonds is 4. The highest BCUT2D eigenvalue weighted by Crippen LogP contribution is 2.37. The number of aliphatic imine (C=N–C) groups is 1. The van der Waals surface area contributed by atoms with Crippen LogP contribution in [0.15, 0.2) is 59.6 Å². The van der Waals surface area contributed by atoms with Crippen molar-refractivity contribution in [3.8, 4) is 5.75 Å². The molecule has 5 heteroatoms. The molecule has 5 nitrogen and oxygen atoms in total. The van der Waals surface area contributed by atoms with Crippen LogP contribution in [0.2, 0.25) is 0 Å². The monoisotopic (exact) mass is 309 g/mol. The number of ether oxygens (including phenoxy) is 1. The Bertz CT molecular complexity index is 758. The molecule has 2 aromatic rings. The van der Waals surface area contributed by atoms with Crippen LogP contribution in [0.5, 0.6) is 5.75 Å². The standard InChI is InChI=1S/C18H19N3O2/c1-21-16(22)18(20-17(21)19,14-9-4-3-5-10-14)12-13-8-6-7-11-15(13)23-2/h3-11H,12H2,1-2H3,(H2,19,20). The number of benzene rings is 2. The number of carbonyl (C=O) groups excluding carboxylic acids is 1. The van der Waals surface area contributed by atoms with Gasteiger partial charge < -0.3 is 10.5 Å². The summed E-state index contributed by atoms with van der Waals surface area (Å²) in [5.74, 6) is 0.833. The van der Waals surface area contributed by atoms with Gasteiger partial charge in [-0.15, -0.1) is 0 Å². The van der Waals surface area contributed by atoms with Crippen LogP contribution in [-0.4, -0.2) is 30.9 Å². The van der Waals surface area contributed by atoms with E-state index in [0.29, 0.717) is 6.42 Å². The lowest BCUT2D eigenvalue weighted by molar-refractivity contribution is -0.130. The van der Waals surface area contributed by atoms with Gasteiger partial charge >= 0.3 is 0 Å². The Hall–Kier alpha value is -2.82. The van der Waals surface area contributed by atoms with E-state index in [2.05, 4.69) is 4.99 Å². The van der Waals surface area contributed by atoms with Gasteiger partial charge in [-0.1, -0.05) is 48.5 Å². The number of nitrogens with two attached hydrogens (primary N) is 1. The number of hydrogen-bond donors (Lipinski definition) is 1. The number of para-hydroxylation sites is 1. The Labute approximate surface area is 135 Å². The van der Waals surface area contributed by atoms with E-state index in [0.717, 1.165) is 16.9 Å². The van der Waals surface area contributed by atoms with Crippen molar-refractivity contribution in [2.75, 3.05) is 14.2 Å².